The normalized spacial score (nSPS) is 16.2. The van der Waals surface area contributed by atoms with Crippen molar-refractivity contribution in [3.63, 3.8) is 0 Å². The number of amides is 1. The second kappa shape index (κ2) is 7.69. The topological polar surface area (TPSA) is 51.2 Å². The highest BCUT2D eigenvalue weighted by Crippen LogP contribution is 2.33. The molecule has 1 atom stereocenters. The Balaban J connectivity index is 1.72. The van der Waals surface area contributed by atoms with Crippen LogP contribution >= 0.6 is 23.2 Å². The van der Waals surface area contributed by atoms with Crippen LogP contribution in [-0.2, 0) is 4.79 Å². The number of allylic oxidation sites excluding steroid dienone is 2. The van der Waals surface area contributed by atoms with Crippen molar-refractivity contribution >= 4 is 34.8 Å². The molecule has 1 aromatic heterocycles. The Morgan fingerprint density at radius 2 is 2.17 bits per heavy atom. The monoisotopic (exact) mass is 362 g/mol. The molecule has 0 aliphatic heterocycles. The molecule has 1 heterocycles. The molecule has 1 aromatic carbocycles. The average molecular weight is 363 g/mol. The Bertz CT molecular complexity index is 777. The number of anilines is 1. The Kier molecular flexibility index (Phi) is 5.38. The number of halogens is 2. The van der Waals surface area contributed by atoms with Crippen LogP contribution in [0.4, 0.5) is 5.69 Å². The summed E-state index contributed by atoms with van der Waals surface area (Å²) in [4.78, 5) is 16.3. The number of pyridine rings is 1. The summed E-state index contributed by atoms with van der Waals surface area (Å²) in [6, 6.07) is 8.72. The van der Waals surface area contributed by atoms with Crippen molar-refractivity contribution in [1.82, 2.24) is 4.98 Å². The van der Waals surface area contributed by atoms with Gasteiger partial charge in [0.15, 0.2) is 5.75 Å². The molecule has 1 aliphatic carbocycles. The van der Waals surface area contributed by atoms with Crippen molar-refractivity contribution in [2.45, 2.75) is 19.3 Å². The van der Waals surface area contributed by atoms with E-state index in [-0.39, 0.29) is 11.8 Å². The van der Waals surface area contributed by atoms with Crippen LogP contribution in [0.3, 0.4) is 0 Å². The van der Waals surface area contributed by atoms with Crippen molar-refractivity contribution in [2.24, 2.45) is 5.92 Å². The minimum absolute atomic E-state index is 0.0437. The summed E-state index contributed by atoms with van der Waals surface area (Å²) < 4.78 is 5.74. The van der Waals surface area contributed by atoms with Crippen molar-refractivity contribution in [1.29, 1.82) is 0 Å². The molecule has 0 bridgehead atoms. The Hall–Kier alpha value is -2.04. The highest BCUT2D eigenvalue weighted by Gasteiger charge is 2.16. The summed E-state index contributed by atoms with van der Waals surface area (Å²) in [5.74, 6) is 0.981. The van der Waals surface area contributed by atoms with Crippen LogP contribution in [0.25, 0.3) is 0 Å². The van der Waals surface area contributed by atoms with Crippen LogP contribution in [-0.4, -0.2) is 10.9 Å². The molecule has 0 fully saturated rings. The lowest BCUT2D eigenvalue weighted by atomic mass is 10.1. The van der Waals surface area contributed by atoms with Gasteiger partial charge in [0.25, 0.3) is 0 Å². The number of hydrogen-bond donors (Lipinski definition) is 1. The van der Waals surface area contributed by atoms with Gasteiger partial charge in [-0.1, -0.05) is 47.5 Å². The first-order valence-electron chi connectivity index (χ1n) is 7.66. The third kappa shape index (κ3) is 4.28. The van der Waals surface area contributed by atoms with Gasteiger partial charge in [-0.05, 0) is 37.0 Å². The van der Waals surface area contributed by atoms with Gasteiger partial charge in [0.2, 0.25) is 11.8 Å². The van der Waals surface area contributed by atoms with Crippen LogP contribution in [0.5, 0.6) is 11.6 Å². The zero-order chi connectivity index (χ0) is 16.9. The van der Waals surface area contributed by atoms with Gasteiger partial charge in [0.05, 0.1) is 10.7 Å². The van der Waals surface area contributed by atoms with Gasteiger partial charge in [-0.3, -0.25) is 4.79 Å². The zero-order valence-corrected chi connectivity index (χ0v) is 14.3. The predicted molar refractivity (Wildman–Crippen MR) is 95.9 cm³/mol. The predicted octanol–water partition coefficient (Wildman–Crippen LogP) is 5.48. The van der Waals surface area contributed by atoms with E-state index in [2.05, 4.69) is 22.5 Å². The molecule has 6 heteroatoms. The Morgan fingerprint density at radius 1 is 1.33 bits per heavy atom. The molecule has 1 unspecified atom stereocenters. The lowest BCUT2D eigenvalue weighted by Gasteiger charge is -2.13. The minimum atomic E-state index is -0.0437. The fourth-order valence-electron chi connectivity index (χ4n) is 2.54. The van der Waals surface area contributed by atoms with Gasteiger partial charge in [-0.2, -0.15) is 0 Å². The van der Waals surface area contributed by atoms with E-state index >= 15 is 0 Å². The van der Waals surface area contributed by atoms with Crippen molar-refractivity contribution in [3.05, 3.63) is 58.7 Å². The third-order valence-electron chi connectivity index (χ3n) is 3.70. The highest BCUT2D eigenvalue weighted by molar-refractivity contribution is 6.35. The Morgan fingerprint density at radius 3 is 2.92 bits per heavy atom. The van der Waals surface area contributed by atoms with E-state index in [1.165, 1.54) is 6.20 Å². The molecule has 24 heavy (non-hydrogen) atoms. The van der Waals surface area contributed by atoms with Crippen molar-refractivity contribution in [3.8, 4) is 11.6 Å². The Labute approximate surface area is 150 Å². The average Bonchev–Trinajstić information content (AvgIpc) is 3.04. The summed E-state index contributed by atoms with van der Waals surface area (Å²) >= 11 is 11.9. The number of ether oxygens (including phenoxy) is 1. The van der Waals surface area contributed by atoms with E-state index < -0.39 is 0 Å². The largest absolute Gasteiger partial charge is 0.435 e. The van der Waals surface area contributed by atoms with Gasteiger partial charge in [-0.25, -0.2) is 4.98 Å². The second-order valence-electron chi connectivity index (χ2n) is 5.56. The molecule has 0 radical (unpaired) electrons. The van der Waals surface area contributed by atoms with Gasteiger partial charge in [0, 0.05) is 12.6 Å². The van der Waals surface area contributed by atoms with Crippen LogP contribution in [0.2, 0.25) is 10.0 Å². The lowest BCUT2D eigenvalue weighted by Crippen LogP contribution is -2.15. The molecule has 1 N–H and O–H groups in total. The van der Waals surface area contributed by atoms with Gasteiger partial charge in [0.1, 0.15) is 5.02 Å². The van der Waals surface area contributed by atoms with E-state index in [9.17, 15) is 4.79 Å². The van der Waals surface area contributed by atoms with Crippen LogP contribution in [0.1, 0.15) is 19.3 Å². The number of carbonyl (C=O) groups is 1. The summed E-state index contributed by atoms with van der Waals surface area (Å²) in [5.41, 5.74) is 0.581. The van der Waals surface area contributed by atoms with Crippen molar-refractivity contribution < 1.29 is 9.53 Å². The molecule has 3 rings (SSSR count). The number of benzene rings is 1. The number of nitrogens with zero attached hydrogens (tertiary/aromatic N) is 1. The number of rotatable bonds is 5. The molecule has 0 spiro atoms. The van der Waals surface area contributed by atoms with E-state index in [1.54, 1.807) is 18.2 Å². The van der Waals surface area contributed by atoms with Gasteiger partial charge >= 0.3 is 0 Å². The quantitative estimate of drug-likeness (QED) is 0.716. The molecule has 1 aliphatic rings. The molecule has 2 aromatic rings. The third-order valence-corrected chi connectivity index (χ3v) is 4.18. The van der Waals surface area contributed by atoms with Crippen LogP contribution in [0.15, 0.2) is 48.7 Å². The number of hydrogen-bond acceptors (Lipinski definition) is 3. The number of nitrogens with one attached hydrogen (secondary N) is 1. The first-order valence-corrected chi connectivity index (χ1v) is 8.42. The molecular weight excluding hydrogens is 347 g/mol. The van der Waals surface area contributed by atoms with Crippen LogP contribution < -0.4 is 10.1 Å². The van der Waals surface area contributed by atoms with E-state index in [0.717, 1.165) is 12.8 Å². The standard InChI is InChI=1S/C18H16Cl2N2O2/c19-13-10-14(20)18(21-11-13)24-16-8-4-3-7-15(16)22-17(23)9-12-5-1-2-6-12/h1,3-5,7-8,10-12H,2,6,9H2,(H,22,23). The summed E-state index contributed by atoms with van der Waals surface area (Å²) in [6.45, 7) is 0. The number of carbonyl (C=O) groups excluding carboxylic acids is 1. The maximum Gasteiger partial charge on any atom is 0.238 e. The van der Waals surface area contributed by atoms with E-state index in [0.29, 0.717) is 33.8 Å². The SMILES string of the molecule is O=C(CC1C=CCC1)Nc1ccccc1Oc1ncc(Cl)cc1Cl. The molecule has 124 valence electrons. The lowest BCUT2D eigenvalue weighted by molar-refractivity contribution is -0.116. The van der Waals surface area contributed by atoms with Crippen LogP contribution in [0, 0.1) is 5.92 Å². The van der Waals surface area contributed by atoms with Gasteiger partial charge < -0.3 is 10.1 Å². The summed E-state index contributed by atoms with van der Waals surface area (Å²) in [6.07, 6.45) is 8.19. The molecule has 0 saturated heterocycles. The summed E-state index contributed by atoms with van der Waals surface area (Å²) in [5, 5.41) is 3.63. The van der Waals surface area contributed by atoms with Crippen molar-refractivity contribution in [2.75, 3.05) is 5.32 Å². The maximum absolute atomic E-state index is 12.2. The van der Waals surface area contributed by atoms with E-state index in [1.807, 2.05) is 12.1 Å². The first kappa shape index (κ1) is 16.8. The highest BCUT2D eigenvalue weighted by atomic mass is 35.5. The fourth-order valence-corrected chi connectivity index (χ4v) is 2.96. The zero-order valence-electron chi connectivity index (χ0n) is 12.8. The molecule has 1 amide bonds. The maximum atomic E-state index is 12.2. The number of aromatic nitrogens is 1. The smallest absolute Gasteiger partial charge is 0.238 e. The fraction of sp³-hybridized carbons (Fsp3) is 0.222. The first-order chi connectivity index (χ1) is 11.6. The molecule has 4 nitrogen and oxygen atoms in total. The summed E-state index contributed by atoms with van der Waals surface area (Å²) in [7, 11) is 0. The van der Waals surface area contributed by atoms with Gasteiger partial charge in [-0.15, -0.1) is 0 Å². The molecule has 0 saturated carbocycles. The minimum Gasteiger partial charge on any atom is -0.435 e. The molecular formula is C18H16Cl2N2O2. The second-order valence-corrected chi connectivity index (χ2v) is 6.40. The van der Waals surface area contributed by atoms with E-state index in [4.69, 9.17) is 27.9 Å². The number of para-hydroxylation sites is 2.